The lowest BCUT2D eigenvalue weighted by molar-refractivity contribution is -0.139. The number of Topliss-reactive ketones (excluding diaryl/α,β-unsaturated/α-hetero) is 1. The predicted molar refractivity (Wildman–Crippen MR) is 70.6 cm³/mol. The van der Waals surface area contributed by atoms with E-state index in [0.29, 0.717) is 5.56 Å². The molecule has 0 aliphatic rings. The van der Waals surface area contributed by atoms with Crippen LogP contribution >= 0.6 is 0 Å². The molecule has 0 unspecified atom stereocenters. The second-order valence-corrected chi connectivity index (χ2v) is 3.50. The van der Waals surface area contributed by atoms with Gasteiger partial charge >= 0.3 is 11.7 Å². The maximum atomic E-state index is 12.2. The van der Waals surface area contributed by atoms with Crippen molar-refractivity contribution >= 4 is 23.7 Å². The first-order valence-electron chi connectivity index (χ1n) is 5.75. The van der Waals surface area contributed by atoms with Crippen LogP contribution in [0.5, 0.6) is 0 Å². The number of nitrogens with zero attached hydrogens (tertiary/aromatic N) is 3. The van der Waals surface area contributed by atoms with Crippen LogP contribution in [-0.4, -0.2) is 42.2 Å². The van der Waals surface area contributed by atoms with Gasteiger partial charge < -0.3 is 15.1 Å². The Balaban J connectivity index is 3.17. The maximum absolute atomic E-state index is 12.2. The molecule has 0 bridgehead atoms. The van der Waals surface area contributed by atoms with Crippen molar-refractivity contribution in [3.63, 3.8) is 0 Å². The fraction of sp³-hybridized carbons (Fsp3) is 0.231. The smallest absolute Gasteiger partial charge is 0.446 e. The minimum Gasteiger partial charge on any atom is -0.457 e. The maximum Gasteiger partial charge on any atom is 0.446 e. The number of carbonyl (C=O) groups excluding carboxylic acids is 2. The Morgan fingerprint density at radius 3 is 2.70 bits per heavy atom. The van der Waals surface area contributed by atoms with E-state index >= 15 is 0 Å². The van der Waals surface area contributed by atoms with Gasteiger partial charge in [0.05, 0.1) is 12.8 Å². The molecule has 1 aromatic carbocycles. The zero-order chi connectivity index (χ0) is 15.0. The largest absolute Gasteiger partial charge is 0.457 e. The average Bonchev–Trinajstić information content (AvgIpc) is 2.46. The van der Waals surface area contributed by atoms with E-state index in [1.54, 1.807) is 25.1 Å². The van der Waals surface area contributed by atoms with Gasteiger partial charge in [0.2, 0.25) is 0 Å². The van der Waals surface area contributed by atoms with Gasteiger partial charge in [-0.05, 0) is 6.92 Å². The van der Waals surface area contributed by atoms with E-state index in [-0.39, 0.29) is 12.2 Å². The zero-order valence-electron chi connectivity index (χ0n) is 11.1. The highest BCUT2D eigenvalue weighted by molar-refractivity contribution is 6.66. The van der Waals surface area contributed by atoms with Gasteiger partial charge in [-0.1, -0.05) is 29.4 Å². The lowest BCUT2D eigenvalue weighted by Gasteiger charge is -2.01. The molecule has 0 amide bonds. The minimum atomic E-state index is -0.988. The van der Waals surface area contributed by atoms with Gasteiger partial charge in [0.15, 0.2) is 0 Å². The van der Waals surface area contributed by atoms with Crippen molar-refractivity contribution < 1.29 is 24.0 Å². The minimum absolute atomic E-state index is 0.0674. The van der Waals surface area contributed by atoms with Crippen molar-refractivity contribution in [1.29, 1.82) is 0 Å². The predicted octanol–water partition coefficient (Wildman–Crippen LogP) is 1.08. The van der Waals surface area contributed by atoms with Crippen LogP contribution in [0.1, 0.15) is 22.8 Å². The van der Waals surface area contributed by atoms with Crippen molar-refractivity contribution in [2.75, 3.05) is 13.7 Å². The molecule has 0 aliphatic carbocycles. The van der Waals surface area contributed by atoms with E-state index in [4.69, 9.17) is 5.53 Å². The number of benzene rings is 1. The molecule has 0 saturated carbocycles. The molecule has 0 aromatic heterocycles. The van der Waals surface area contributed by atoms with Gasteiger partial charge in [-0.2, -0.15) is 4.79 Å². The molecule has 7 nitrogen and oxygen atoms in total. The van der Waals surface area contributed by atoms with Crippen LogP contribution in [-0.2, 0) is 14.4 Å². The van der Waals surface area contributed by atoms with E-state index in [1.165, 1.54) is 19.4 Å². The quantitative estimate of drug-likeness (QED) is 0.147. The molecule has 1 rings (SSSR count). The molecule has 20 heavy (non-hydrogen) atoms. The third kappa shape index (κ3) is 3.60. The number of hydrogen-bond donors (Lipinski definition) is 0. The number of ketones is 1. The van der Waals surface area contributed by atoms with Crippen molar-refractivity contribution in [3.05, 3.63) is 40.9 Å². The fourth-order valence-electron chi connectivity index (χ4n) is 1.43. The Bertz CT molecular complexity index is 589. The van der Waals surface area contributed by atoms with Gasteiger partial charge in [-0.3, -0.25) is 4.79 Å². The average molecular weight is 275 g/mol. The third-order valence-corrected chi connectivity index (χ3v) is 2.29. The molecule has 104 valence electrons. The van der Waals surface area contributed by atoms with E-state index < -0.39 is 17.5 Å². The lowest BCUT2D eigenvalue weighted by Crippen LogP contribution is -2.28. The van der Waals surface area contributed by atoms with Crippen molar-refractivity contribution in [2.45, 2.75) is 6.92 Å². The Kier molecular flexibility index (Phi) is 5.80. The van der Waals surface area contributed by atoms with E-state index in [9.17, 15) is 9.59 Å². The number of rotatable bonds is 6. The molecule has 0 N–H and O–H groups in total. The highest BCUT2D eigenvalue weighted by Gasteiger charge is 2.33. The summed E-state index contributed by atoms with van der Waals surface area (Å²) in [7, 11) is 1.36. The normalized spacial score (nSPS) is 9.90. The molecular formula is C13H13N3O4. The van der Waals surface area contributed by atoms with Crippen LogP contribution in [0.25, 0.3) is 5.53 Å². The lowest BCUT2D eigenvalue weighted by atomic mass is 10.0. The highest BCUT2D eigenvalue weighted by Crippen LogP contribution is 2.08. The van der Waals surface area contributed by atoms with Gasteiger partial charge in [-0.25, -0.2) is 4.79 Å². The number of ether oxygens (including phenoxy) is 1. The summed E-state index contributed by atoms with van der Waals surface area (Å²) < 4.78 is 4.65. The monoisotopic (exact) mass is 275 g/mol. The summed E-state index contributed by atoms with van der Waals surface area (Å²) in [4.78, 5) is 31.0. The molecule has 1 aromatic rings. The Morgan fingerprint density at radius 1 is 1.40 bits per heavy atom. The van der Waals surface area contributed by atoms with Crippen LogP contribution in [0, 0.1) is 0 Å². The summed E-state index contributed by atoms with van der Waals surface area (Å²) in [5.41, 5.74) is 8.71. The first-order valence-corrected chi connectivity index (χ1v) is 5.75. The van der Waals surface area contributed by atoms with E-state index in [1.807, 2.05) is 0 Å². The Hall–Kier alpha value is -2.79. The Morgan fingerprint density at radius 2 is 2.10 bits per heavy atom. The van der Waals surface area contributed by atoms with Gasteiger partial charge in [-0.15, -0.1) is 0 Å². The number of esters is 1. The summed E-state index contributed by atoms with van der Waals surface area (Å²) in [5, 5.41) is 3.56. The number of hydrogen-bond acceptors (Lipinski definition) is 5. The second-order valence-electron chi connectivity index (χ2n) is 3.50. The van der Waals surface area contributed by atoms with Gasteiger partial charge in [0.25, 0.3) is 5.78 Å². The van der Waals surface area contributed by atoms with Crippen LogP contribution < -0.4 is 0 Å². The van der Waals surface area contributed by atoms with Crippen LogP contribution in [0.4, 0.5) is 0 Å². The Labute approximate surface area is 115 Å². The summed E-state index contributed by atoms with van der Waals surface area (Å²) in [5.74, 6) is -1.75. The molecule has 0 radical (unpaired) electrons. The first kappa shape index (κ1) is 15.3. The summed E-state index contributed by atoms with van der Waals surface area (Å²) >= 11 is 0. The molecule has 0 heterocycles. The molecule has 0 fully saturated rings. The highest BCUT2D eigenvalue weighted by atomic mass is 16.6. The van der Waals surface area contributed by atoms with Gasteiger partial charge in [0.1, 0.15) is 7.11 Å². The van der Waals surface area contributed by atoms with Crippen LogP contribution in [0.15, 0.2) is 29.4 Å². The standard InChI is InChI=1S/C13H13N3O4/c1-3-20-13(18)11(16-14)12(17)10-7-5-4-6-9(10)8-15-19-2/h4-8H,3H2,1-2H3/b15-8-. The van der Waals surface area contributed by atoms with Crippen LogP contribution in [0.2, 0.25) is 0 Å². The number of oxime groups is 1. The summed E-state index contributed by atoms with van der Waals surface area (Å²) in [6.07, 6.45) is 1.31. The van der Waals surface area contributed by atoms with Gasteiger partial charge in [0, 0.05) is 11.1 Å². The van der Waals surface area contributed by atoms with Crippen molar-refractivity contribution in [1.82, 2.24) is 0 Å². The molecular weight excluding hydrogens is 262 g/mol. The third-order valence-electron chi connectivity index (χ3n) is 2.29. The van der Waals surface area contributed by atoms with Crippen molar-refractivity contribution in [3.8, 4) is 0 Å². The summed E-state index contributed by atoms with van der Waals surface area (Å²) in [6, 6.07) is 6.38. The molecule has 0 spiro atoms. The van der Waals surface area contributed by atoms with Crippen LogP contribution in [0.3, 0.4) is 0 Å². The number of carbonyl (C=O) groups is 2. The van der Waals surface area contributed by atoms with E-state index in [2.05, 4.69) is 19.5 Å². The van der Waals surface area contributed by atoms with E-state index in [0.717, 1.165) is 0 Å². The molecule has 7 heteroatoms. The molecule has 0 saturated heterocycles. The zero-order valence-corrected chi connectivity index (χ0v) is 11.1. The molecule has 0 aliphatic heterocycles. The second kappa shape index (κ2) is 7.60. The SMILES string of the molecule is CCOC(=O)C(=[N+]=[N-])C(=O)c1ccccc1/C=N\OC. The topological polar surface area (TPSA) is 101 Å². The fourth-order valence-corrected chi connectivity index (χ4v) is 1.43. The molecule has 0 atom stereocenters. The van der Waals surface area contributed by atoms with Crippen molar-refractivity contribution in [2.24, 2.45) is 5.16 Å². The summed E-state index contributed by atoms with van der Waals surface area (Å²) in [6.45, 7) is 1.65. The first-order chi connectivity index (χ1) is 9.65.